The smallest absolute Gasteiger partial charge is 0.0664 e. The predicted octanol–water partition coefficient (Wildman–Crippen LogP) is 0.476. The topological polar surface area (TPSA) is 32.7 Å². The first kappa shape index (κ1) is 9.96. The Labute approximate surface area is 74.3 Å². The van der Waals surface area contributed by atoms with Gasteiger partial charge in [-0.3, -0.25) is 4.90 Å². The molecular weight excluding hydrogens is 154 g/mol. The first-order chi connectivity index (χ1) is 5.63. The summed E-state index contributed by atoms with van der Waals surface area (Å²) in [4.78, 5) is 2.21. The number of nitrogens with zero attached hydrogens (tertiary/aromatic N) is 1. The average Bonchev–Trinajstić information content (AvgIpc) is 2.53. The Morgan fingerprint density at radius 1 is 1.50 bits per heavy atom. The molecule has 1 aliphatic heterocycles. The van der Waals surface area contributed by atoms with E-state index in [9.17, 15) is 5.11 Å². The van der Waals surface area contributed by atoms with Crippen molar-refractivity contribution in [3.05, 3.63) is 0 Å². The summed E-state index contributed by atoms with van der Waals surface area (Å²) in [6.45, 7) is 5.55. The standard InChI is InChI=1S/C9H19NO2/c1-7(8(2)11)10(3)9-4-5-12-6-9/h7-9,11H,4-6H2,1-3H3. The number of hydrogen-bond acceptors (Lipinski definition) is 3. The van der Waals surface area contributed by atoms with E-state index >= 15 is 0 Å². The minimum atomic E-state index is -0.268. The summed E-state index contributed by atoms with van der Waals surface area (Å²) >= 11 is 0. The van der Waals surface area contributed by atoms with Crippen LogP contribution >= 0.6 is 0 Å². The molecule has 0 amide bonds. The molecule has 0 radical (unpaired) electrons. The van der Waals surface area contributed by atoms with Crippen LogP contribution in [0.4, 0.5) is 0 Å². The summed E-state index contributed by atoms with van der Waals surface area (Å²) in [5.74, 6) is 0. The number of hydrogen-bond donors (Lipinski definition) is 1. The molecule has 0 saturated carbocycles. The van der Waals surface area contributed by atoms with Crippen molar-refractivity contribution >= 4 is 0 Å². The van der Waals surface area contributed by atoms with E-state index in [0.717, 1.165) is 19.6 Å². The van der Waals surface area contributed by atoms with Gasteiger partial charge in [0.25, 0.3) is 0 Å². The highest BCUT2D eigenvalue weighted by Gasteiger charge is 2.25. The van der Waals surface area contributed by atoms with Gasteiger partial charge in [0.1, 0.15) is 0 Å². The van der Waals surface area contributed by atoms with Crippen molar-refractivity contribution in [1.82, 2.24) is 4.90 Å². The second-order valence-electron chi connectivity index (χ2n) is 3.66. The zero-order valence-corrected chi connectivity index (χ0v) is 8.16. The van der Waals surface area contributed by atoms with Gasteiger partial charge in [-0.15, -0.1) is 0 Å². The normalized spacial score (nSPS) is 29.2. The van der Waals surface area contributed by atoms with Crippen LogP contribution in [-0.2, 0) is 4.74 Å². The van der Waals surface area contributed by atoms with Crippen molar-refractivity contribution in [2.24, 2.45) is 0 Å². The molecule has 72 valence electrons. The molecule has 1 saturated heterocycles. The van der Waals surface area contributed by atoms with E-state index < -0.39 is 0 Å². The minimum Gasteiger partial charge on any atom is -0.392 e. The average molecular weight is 173 g/mol. The number of ether oxygens (including phenoxy) is 1. The van der Waals surface area contributed by atoms with Crippen LogP contribution in [0.5, 0.6) is 0 Å². The summed E-state index contributed by atoms with van der Waals surface area (Å²) in [6, 6.07) is 0.714. The maximum absolute atomic E-state index is 9.37. The Balaban J connectivity index is 2.39. The van der Waals surface area contributed by atoms with E-state index in [1.54, 1.807) is 0 Å². The van der Waals surface area contributed by atoms with Crippen LogP contribution in [0, 0.1) is 0 Å². The van der Waals surface area contributed by atoms with E-state index in [0.29, 0.717) is 6.04 Å². The van der Waals surface area contributed by atoms with Gasteiger partial charge in [-0.25, -0.2) is 0 Å². The lowest BCUT2D eigenvalue weighted by Gasteiger charge is -2.31. The second kappa shape index (κ2) is 4.21. The van der Waals surface area contributed by atoms with Crippen LogP contribution in [0.2, 0.25) is 0 Å². The van der Waals surface area contributed by atoms with E-state index in [4.69, 9.17) is 4.74 Å². The Morgan fingerprint density at radius 2 is 2.17 bits per heavy atom. The van der Waals surface area contributed by atoms with E-state index in [2.05, 4.69) is 11.9 Å². The number of likely N-dealkylation sites (N-methyl/N-ethyl adjacent to an activating group) is 1. The molecular formula is C9H19NO2. The maximum Gasteiger partial charge on any atom is 0.0664 e. The molecule has 1 aliphatic rings. The molecule has 3 atom stereocenters. The Morgan fingerprint density at radius 3 is 2.58 bits per heavy atom. The van der Waals surface area contributed by atoms with Crippen LogP contribution in [0.1, 0.15) is 20.3 Å². The summed E-state index contributed by atoms with van der Waals surface area (Å²) < 4.78 is 5.28. The lowest BCUT2D eigenvalue weighted by atomic mass is 10.1. The number of aliphatic hydroxyl groups excluding tert-OH is 1. The highest BCUT2D eigenvalue weighted by Crippen LogP contribution is 2.14. The highest BCUT2D eigenvalue weighted by atomic mass is 16.5. The first-order valence-corrected chi connectivity index (χ1v) is 4.60. The van der Waals surface area contributed by atoms with Gasteiger partial charge in [0.05, 0.1) is 12.7 Å². The third kappa shape index (κ3) is 2.19. The summed E-state index contributed by atoms with van der Waals surface area (Å²) in [6.07, 6.45) is 0.823. The van der Waals surface area contributed by atoms with Gasteiger partial charge in [0.15, 0.2) is 0 Å². The molecule has 12 heavy (non-hydrogen) atoms. The molecule has 3 unspecified atom stereocenters. The zero-order valence-electron chi connectivity index (χ0n) is 8.16. The van der Waals surface area contributed by atoms with Crippen molar-refractivity contribution < 1.29 is 9.84 Å². The molecule has 0 bridgehead atoms. The van der Waals surface area contributed by atoms with Gasteiger partial charge in [0, 0.05) is 18.7 Å². The molecule has 0 aromatic rings. The van der Waals surface area contributed by atoms with Crippen LogP contribution in [0.3, 0.4) is 0 Å². The summed E-state index contributed by atoms with van der Waals surface area (Å²) in [7, 11) is 2.05. The van der Waals surface area contributed by atoms with E-state index in [1.807, 2.05) is 13.8 Å². The first-order valence-electron chi connectivity index (χ1n) is 4.60. The molecule has 1 heterocycles. The molecule has 3 nitrogen and oxygen atoms in total. The third-order valence-corrected chi connectivity index (χ3v) is 2.82. The lowest BCUT2D eigenvalue weighted by molar-refractivity contribution is 0.0559. The Bertz CT molecular complexity index is 130. The molecule has 1 N–H and O–H groups in total. The number of aliphatic hydroxyl groups is 1. The Kier molecular flexibility index (Phi) is 3.50. The largest absolute Gasteiger partial charge is 0.392 e. The monoisotopic (exact) mass is 173 g/mol. The fourth-order valence-corrected chi connectivity index (χ4v) is 1.52. The van der Waals surface area contributed by atoms with Gasteiger partial charge >= 0.3 is 0 Å². The molecule has 0 aliphatic carbocycles. The van der Waals surface area contributed by atoms with E-state index in [-0.39, 0.29) is 12.1 Å². The Hall–Kier alpha value is -0.120. The maximum atomic E-state index is 9.37. The quantitative estimate of drug-likeness (QED) is 0.673. The third-order valence-electron chi connectivity index (χ3n) is 2.82. The minimum absolute atomic E-state index is 0.219. The van der Waals surface area contributed by atoms with Crippen LogP contribution in [-0.4, -0.2) is 48.5 Å². The molecule has 1 fully saturated rings. The van der Waals surface area contributed by atoms with Gasteiger partial charge in [-0.1, -0.05) is 0 Å². The van der Waals surface area contributed by atoms with Crippen LogP contribution in [0.25, 0.3) is 0 Å². The fraction of sp³-hybridized carbons (Fsp3) is 1.00. The number of rotatable bonds is 3. The lowest BCUT2D eigenvalue weighted by Crippen LogP contribution is -2.44. The fourth-order valence-electron chi connectivity index (χ4n) is 1.52. The van der Waals surface area contributed by atoms with Crippen LogP contribution < -0.4 is 0 Å². The van der Waals surface area contributed by atoms with Crippen molar-refractivity contribution in [3.8, 4) is 0 Å². The highest BCUT2D eigenvalue weighted by molar-refractivity contribution is 4.79. The molecule has 0 aromatic heterocycles. The molecule has 0 aromatic carbocycles. The van der Waals surface area contributed by atoms with E-state index in [1.165, 1.54) is 0 Å². The van der Waals surface area contributed by atoms with Crippen molar-refractivity contribution in [2.75, 3.05) is 20.3 Å². The zero-order chi connectivity index (χ0) is 9.14. The summed E-state index contributed by atoms with van der Waals surface area (Å²) in [5, 5.41) is 9.37. The van der Waals surface area contributed by atoms with Crippen molar-refractivity contribution in [3.63, 3.8) is 0 Å². The van der Waals surface area contributed by atoms with Gasteiger partial charge < -0.3 is 9.84 Å². The van der Waals surface area contributed by atoms with Gasteiger partial charge in [-0.2, -0.15) is 0 Å². The predicted molar refractivity (Wildman–Crippen MR) is 48.1 cm³/mol. The SMILES string of the molecule is CC(O)C(C)N(C)C1CCOC1. The molecule has 0 spiro atoms. The molecule has 3 heteroatoms. The van der Waals surface area contributed by atoms with Gasteiger partial charge in [0.2, 0.25) is 0 Å². The van der Waals surface area contributed by atoms with Crippen molar-refractivity contribution in [2.45, 2.75) is 38.5 Å². The van der Waals surface area contributed by atoms with Gasteiger partial charge in [-0.05, 0) is 27.3 Å². The van der Waals surface area contributed by atoms with Crippen molar-refractivity contribution in [1.29, 1.82) is 0 Å². The van der Waals surface area contributed by atoms with Crippen LogP contribution in [0.15, 0.2) is 0 Å². The second-order valence-corrected chi connectivity index (χ2v) is 3.66. The molecule has 1 rings (SSSR count). The summed E-state index contributed by atoms with van der Waals surface area (Å²) in [5.41, 5.74) is 0.